The molecule has 7 heteroatoms. The third kappa shape index (κ3) is 3.13. The van der Waals surface area contributed by atoms with Crippen LogP contribution in [0.25, 0.3) is 22.9 Å². The molecule has 2 aromatic carbocycles. The second-order valence-corrected chi connectivity index (χ2v) is 8.20. The van der Waals surface area contributed by atoms with Gasteiger partial charge in [0, 0.05) is 0 Å². The van der Waals surface area contributed by atoms with Crippen LogP contribution in [0, 0.1) is 0 Å². The Morgan fingerprint density at radius 3 is 2.31 bits per heavy atom. The molecule has 1 radical (unpaired) electrons. The Labute approximate surface area is 165 Å². The number of aryl methyl sites for hydroxylation is 1. The van der Waals surface area contributed by atoms with Gasteiger partial charge in [-0.2, -0.15) is 0 Å². The summed E-state index contributed by atoms with van der Waals surface area (Å²) in [5.41, 5.74) is 2.17. The monoisotopic (exact) mass is 416 g/mol. The van der Waals surface area contributed by atoms with Crippen LogP contribution in [0.3, 0.4) is 0 Å². The van der Waals surface area contributed by atoms with Crippen molar-refractivity contribution in [2.24, 2.45) is 0 Å². The van der Waals surface area contributed by atoms with Gasteiger partial charge in [0.15, 0.2) is 0 Å². The van der Waals surface area contributed by atoms with Crippen LogP contribution in [-0.4, -0.2) is 41.7 Å². The third-order valence-electron chi connectivity index (χ3n) is 4.07. The normalized spacial score (nSPS) is 11.0. The van der Waals surface area contributed by atoms with E-state index in [4.69, 9.17) is 4.98 Å². The number of rotatable bonds is 5. The molecule has 4 aromatic rings. The number of nitrogens with zero attached hydrogens (tertiary/aromatic N) is 5. The predicted molar refractivity (Wildman–Crippen MR) is 106 cm³/mol. The molecule has 0 atom stereocenters. The Hall–Kier alpha value is -2.22. The molecule has 127 valence electrons. The molecule has 0 amide bonds. The van der Waals surface area contributed by atoms with Gasteiger partial charge in [0.05, 0.1) is 0 Å². The summed E-state index contributed by atoms with van der Waals surface area (Å²) in [6.45, 7) is 2.05. The first-order valence-corrected chi connectivity index (χ1v) is 13.0. The maximum atomic E-state index is 4.97. The van der Waals surface area contributed by atoms with Gasteiger partial charge in [-0.05, 0) is 0 Å². The number of benzene rings is 2. The van der Waals surface area contributed by atoms with Gasteiger partial charge < -0.3 is 0 Å². The number of para-hydroxylation sites is 1. The molecule has 5 nitrogen and oxygen atoms in total. The Balaban J connectivity index is 1.98. The average molecular weight is 417 g/mol. The second-order valence-electron chi connectivity index (χ2n) is 5.70. The van der Waals surface area contributed by atoms with Crippen LogP contribution < -0.4 is 0 Å². The molecular formula is C19H17GaN5S. The first-order chi connectivity index (χ1) is 12.8. The summed E-state index contributed by atoms with van der Waals surface area (Å²) in [6.07, 6.45) is 2.56. The molecule has 2 aromatic heterocycles. The van der Waals surface area contributed by atoms with E-state index >= 15 is 0 Å². The molecule has 0 saturated heterocycles. The van der Waals surface area contributed by atoms with Gasteiger partial charge in [0.1, 0.15) is 0 Å². The van der Waals surface area contributed by atoms with Crippen molar-refractivity contribution in [1.82, 2.24) is 24.3 Å². The van der Waals surface area contributed by atoms with E-state index in [0.29, 0.717) is 0 Å². The first kappa shape index (κ1) is 17.2. The van der Waals surface area contributed by atoms with Crippen LogP contribution in [0.15, 0.2) is 72.0 Å². The Bertz CT molecular complexity index is 1010. The SMILES string of the molecule is CCc1ncn(-c2nc(-c3ccccc3)n(-c3ccccc3)c2[S][GaH])n1. The zero-order valence-electron chi connectivity index (χ0n) is 14.4. The van der Waals surface area contributed by atoms with Gasteiger partial charge in [-0.25, -0.2) is 0 Å². The van der Waals surface area contributed by atoms with Gasteiger partial charge in [0.2, 0.25) is 0 Å². The fourth-order valence-corrected chi connectivity index (χ4v) is 5.05. The van der Waals surface area contributed by atoms with Crippen molar-refractivity contribution in [3.63, 3.8) is 0 Å². The number of hydrogen-bond donors (Lipinski definition) is 0. The maximum absolute atomic E-state index is 4.97. The summed E-state index contributed by atoms with van der Waals surface area (Å²) in [5, 5.41) is 5.67. The fraction of sp³-hybridized carbons (Fsp3) is 0.105. The molecule has 0 spiro atoms. The van der Waals surface area contributed by atoms with Gasteiger partial charge >= 0.3 is 165 Å². The van der Waals surface area contributed by atoms with Crippen LogP contribution in [0.4, 0.5) is 0 Å². The average Bonchev–Trinajstić information content (AvgIpc) is 3.33. The molecule has 0 saturated carbocycles. The van der Waals surface area contributed by atoms with Gasteiger partial charge in [-0.3, -0.25) is 0 Å². The molecule has 0 aliphatic carbocycles. The van der Waals surface area contributed by atoms with Crippen molar-refractivity contribution >= 4 is 27.1 Å². The third-order valence-corrected chi connectivity index (χ3v) is 6.43. The van der Waals surface area contributed by atoms with Gasteiger partial charge in [0.25, 0.3) is 0 Å². The van der Waals surface area contributed by atoms with Crippen LogP contribution >= 0.6 is 9.70 Å². The molecule has 26 heavy (non-hydrogen) atoms. The van der Waals surface area contributed by atoms with Crippen LogP contribution in [-0.2, 0) is 6.42 Å². The zero-order chi connectivity index (χ0) is 17.9. The molecule has 0 bridgehead atoms. The van der Waals surface area contributed by atoms with Crippen molar-refractivity contribution < 1.29 is 0 Å². The molecule has 0 aliphatic heterocycles. The summed E-state index contributed by atoms with van der Waals surface area (Å²) in [7, 11) is 1.78. The second kappa shape index (κ2) is 7.57. The van der Waals surface area contributed by atoms with E-state index in [9.17, 15) is 0 Å². The molecule has 0 unspecified atom stereocenters. The summed E-state index contributed by atoms with van der Waals surface area (Å²) in [4.78, 5) is 9.34. The van der Waals surface area contributed by atoms with Crippen molar-refractivity contribution in [1.29, 1.82) is 0 Å². The van der Waals surface area contributed by atoms with Crippen molar-refractivity contribution in [2.45, 2.75) is 18.4 Å². The van der Waals surface area contributed by atoms with E-state index in [1.54, 1.807) is 20.7 Å². The number of aromatic nitrogens is 5. The summed E-state index contributed by atoms with van der Waals surface area (Å²) in [5.74, 6) is 2.57. The van der Waals surface area contributed by atoms with E-state index in [2.05, 4.69) is 58.0 Å². The molecule has 0 aliphatic rings. The van der Waals surface area contributed by atoms with Gasteiger partial charge in [-0.1, -0.05) is 0 Å². The molecular weight excluding hydrogens is 400 g/mol. The molecule has 0 fully saturated rings. The molecule has 2 heterocycles. The Kier molecular flexibility index (Phi) is 5.01. The Morgan fingerprint density at radius 2 is 1.69 bits per heavy atom. The topological polar surface area (TPSA) is 48.5 Å². The summed E-state index contributed by atoms with van der Waals surface area (Å²) < 4.78 is 4.01. The number of imidazole rings is 1. The molecule has 4 rings (SSSR count). The summed E-state index contributed by atoms with van der Waals surface area (Å²) >= 11 is 1.06. The summed E-state index contributed by atoms with van der Waals surface area (Å²) in [6, 6.07) is 20.6. The van der Waals surface area contributed by atoms with Crippen molar-refractivity contribution in [3.05, 3.63) is 72.8 Å². The van der Waals surface area contributed by atoms with Crippen molar-refractivity contribution in [3.8, 4) is 22.9 Å². The van der Waals surface area contributed by atoms with Crippen molar-refractivity contribution in [2.75, 3.05) is 0 Å². The fourth-order valence-electron chi connectivity index (χ4n) is 2.83. The minimum atomic E-state index is 0.806. The molecule has 0 N–H and O–H groups in total. The van der Waals surface area contributed by atoms with Crippen LogP contribution in [0.1, 0.15) is 12.7 Å². The first-order valence-electron chi connectivity index (χ1n) is 8.38. The van der Waals surface area contributed by atoms with E-state index < -0.39 is 0 Å². The zero-order valence-corrected chi connectivity index (χ0v) is 18.2. The van der Waals surface area contributed by atoms with Gasteiger partial charge in [-0.15, -0.1) is 0 Å². The van der Waals surface area contributed by atoms with Crippen LogP contribution in [0.2, 0.25) is 0 Å². The number of hydrogen-bond acceptors (Lipinski definition) is 4. The van der Waals surface area contributed by atoms with E-state index in [1.165, 1.54) is 0 Å². The standard InChI is InChI=1S/C19H17N5S.Ga.H/c1-2-16-20-13-23(22-16)18-19(25)24(15-11-7-4-8-12-15)17(21-18)14-9-5-3-6-10-14;;/h3-13,25H,2H2,1H3;;/q;+1;/p-1. The minimum absolute atomic E-state index is 0.806. The Morgan fingerprint density at radius 1 is 1.00 bits per heavy atom. The van der Waals surface area contributed by atoms with Crippen LogP contribution in [0.5, 0.6) is 0 Å². The predicted octanol–water partition coefficient (Wildman–Crippen LogP) is 3.59. The van der Waals surface area contributed by atoms with E-state index in [0.717, 1.165) is 57.5 Å². The van der Waals surface area contributed by atoms with E-state index in [-0.39, 0.29) is 0 Å². The van der Waals surface area contributed by atoms with E-state index in [1.807, 2.05) is 24.3 Å². The quantitative estimate of drug-likeness (QED) is 0.466.